The summed E-state index contributed by atoms with van der Waals surface area (Å²) in [6.07, 6.45) is 0. The highest BCUT2D eigenvalue weighted by atomic mass is 33.5. The first-order valence-electron chi connectivity index (χ1n) is 11.2. The van der Waals surface area contributed by atoms with Gasteiger partial charge in [0.1, 0.15) is 0 Å². The maximum absolute atomic E-state index is 4.82. The summed E-state index contributed by atoms with van der Waals surface area (Å²) in [6.45, 7) is 0. The normalized spacial score (nSPS) is 7.82. The van der Waals surface area contributed by atoms with Gasteiger partial charge in [0, 0.05) is 608 Å². The van der Waals surface area contributed by atoms with E-state index >= 15 is 0 Å². The zero-order chi connectivity index (χ0) is 48.7. The minimum atomic E-state index is 1.37. The first kappa shape index (κ1) is 83.0. The Hall–Kier alpha value is 15.0. The van der Waals surface area contributed by atoms with Gasteiger partial charge in [0.25, 0.3) is 0 Å². The zero-order valence-electron chi connectivity index (χ0n) is 27.8. The van der Waals surface area contributed by atoms with Crippen LogP contribution in [0.25, 0.3) is 0 Å². The molecule has 0 aliphatic rings. The molecule has 0 unspecified atom stereocenters. The van der Waals surface area contributed by atoms with Crippen LogP contribution in [0, 0.1) is 0 Å². The number of rotatable bonds is 0. The highest BCUT2D eigenvalue weighted by Gasteiger charge is 1.47. The van der Waals surface area contributed by atoms with Gasteiger partial charge in [0.2, 0.25) is 0 Å². The third-order valence-electron chi connectivity index (χ3n) is 1.81. The Morgan fingerprint density at radius 1 is 0.0735 bits per heavy atom. The van der Waals surface area contributed by atoms with Gasteiger partial charge in [-0.25, -0.2) is 0 Å². The molecule has 0 aromatic carbocycles. The second-order valence-corrected chi connectivity index (χ2v) is 121. The molecule has 0 rings (SSSR count). The van der Waals surface area contributed by atoms with E-state index < -0.39 is 0 Å². The van der Waals surface area contributed by atoms with Crippen LogP contribution in [0.3, 0.4) is 0 Å². The van der Waals surface area contributed by atoms with Gasteiger partial charge in [-0.3, -0.25) is 0 Å². The lowest BCUT2D eigenvalue weighted by Gasteiger charge is -1.41. The highest BCUT2D eigenvalue weighted by Crippen LogP contribution is 1.47. The number of hydrogen-bond donors (Lipinski definition) is 0. The topological polar surface area (TPSA) is 0 Å². The molecule has 0 aromatic heterocycles. The molecule has 0 heterocycles. The summed E-state index contributed by atoms with van der Waals surface area (Å²) in [7, 11) is 119. The molecule has 0 saturated heterocycles. The molecule has 0 atom stereocenters. The minimum absolute atomic E-state index is 1.37. The molecule has 0 amide bonds. The van der Waals surface area contributed by atoms with Crippen LogP contribution >= 0.6 is 0 Å². The van der Waals surface area contributed by atoms with Crippen molar-refractivity contribution < 1.29 is 0 Å². The Labute approximate surface area is 589 Å². The van der Waals surface area contributed by atoms with E-state index in [1.165, 1.54) is 17.8 Å². The average molecular weight is 2180 g/mol. The lowest BCUT2D eigenvalue weighted by molar-refractivity contribution is 5.95. The van der Waals surface area contributed by atoms with Gasteiger partial charge >= 0.3 is 0 Å². The molecule has 408 valence electrons. The SMILES string of the molecule is S=S=S=S=S=S=S=S=S=S=S=S=S=S=S=S=S=S=S=S=S=S=S=S=S=S=S=S=S=S=S=S=S=S=S=S=S=S=S=S=S=S=S=S=S=S=S=S=S=S=S=S=S=S=S=S=S=S=S=S=S=S=S=S=S=S=S=S. The average Bonchev–Trinajstić information content (AvgIpc) is 3.35. The van der Waals surface area contributed by atoms with Crippen molar-refractivity contribution in [3.05, 3.63) is 0 Å². The van der Waals surface area contributed by atoms with Crippen LogP contribution < -0.4 is 0 Å². The van der Waals surface area contributed by atoms with Crippen LogP contribution in [0.2, 0.25) is 0 Å². The summed E-state index contributed by atoms with van der Waals surface area (Å²) in [4.78, 5) is 0. The summed E-state index contributed by atoms with van der Waals surface area (Å²) in [6, 6.07) is 0. The molecule has 0 fully saturated rings. The smallest absolute Gasteiger partial charge is 0 e. The fraction of sp³-hybridized carbons (Fsp3) is 0. The van der Waals surface area contributed by atoms with Gasteiger partial charge in [-0.15, -0.1) is 0 Å². The van der Waals surface area contributed by atoms with Gasteiger partial charge in [0.15, 0.2) is 0 Å². The Morgan fingerprint density at radius 2 is 0.118 bits per heavy atom. The van der Waals surface area contributed by atoms with E-state index in [9.17, 15) is 0 Å². The minimum Gasteiger partial charge on any atom is 0 e. The van der Waals surface area contributed by atoms with Crippen molar-refractivity contribution in [2.45, 2.75) is 0 Å². The van der Waals surface area contributed by atoms with E-state index in [0.717, 1.165) is 0 Å². The number of hydrogen-bond acceptors (Lipinski definition) is 2. The Balaban J connectivity index is 6.13. The summed E-state index contributed by atoms with van der Waals surface area (Å²) < 4.78 is 0. The molecule has 0 nitrogen and oxygen atoms in total. The predicted molar refractivity (Wildman–Crippen MR) is 501 cm³/mol. The molecule has 0 spiro atoms. The van der Waals surface area contributed by atoms with Crippen molar-refractivity contribution in [2.75, 3.05) is 0 Å². The van der Waals surface area contributed by atoms with E-state index in [0.29, 0.717) is 0 Å². The van der Waals surface area contributed by atoms with Crippen LogP contribution in [0.4, 0.5) is 0 Å². The lowest BCUT2D eigenvalue weighted by atomic mass is 30.7. The fourth-order valence-corrected chi connectivity index (χ4v) is 176. The fourth-order valence-electron chi connectivity index (χ4n) is 0.726. The molecule has 0 bridgehead atoms. The molecule has 68 heteroatoms. The van der Waals surface area contributed by atoms with Gasteiger partial charge in [-0.05, 0) is 0 Å². The van der Waals surface area contributed by atoms with E-state index in [2.05, 4.69) is 0 Å². The third kappa shape index (κ3) is 81.0. The van der Waals surface area contributed by atoms with E-state index in [1.54, 1.807) is 107 Å². The summed E-state index contributed by atoms with van der Waals surface area (Å²) >= 11 is 9.64. The van der Waals surface area contributed by atoms with Crippen LogP contribution in [0.15, 0.2) is 0 Å². The van der Waals surface area contributed by atoms with Crippen molar-refractivity contribution >= 4 is 608 Å². The van der Waals surface area contributed by atoms with E-state index in [4.69, 9.17) is 22.4 Å². The van der Waals surface area contributed by atoms with Crippen molar-refractivity contribution in [3.63, 3.8) is 0 Å². The highest BCUT2D eigenvalue weighted by molar-refractivity contribution is 8.84. The monoisotopic (exact) mass is 2170 g/mol. The first-order chi connectivity index (χ1) is 33.9. The van der Waals surface area contributed by atoms with Crippen molar-refractivity contribution in [1.29, 1.82) is 0 Å². The van der Waals surface area contributed by atoms with E-state index in [-0.39, 0.29) is 0 Å². The standard InChI is InChI=1S/S68/c1-3-5-7-9-11-13-15-17-19-21-23-25-27-29-31-33-35-37-39-41-43-45-47-49-51-53-55-57-59-61-63-65-67-68-66-64-62-60-58-56-54-52-50-48-46-44-42-40-38-36-34-32-30-28-26-24-22-20-18-16-14-12-10-8-6-4-2. The van der Waals surface area contributed by atoms with Gasteiger partial charge in [-0.2, -0.15) is 0 Å². The predicted octanol–water partition coefficient (Wildman–Crippen LogP) is -0.163. The molecule has 0 aromatic rings. The molecule has 0 aliphatic carbocycles. The zero-order valence-corrected chi connectivity index (χ0v) is 83.3. The first-order valence-corrected chi connectivity index (χ1v) is 100. The van der Waals surface area contributed by atoms with Gasteiger partial charge < -0.3 is 0 Å². The van der Waals surface area contributed by atoms with E-state index in [1.807, 2.05) is 462 Å². The maximum Gasteiger partial charge on any atom is 0 e. The van der Waals surface area contributed by atoms with Crippen molar-refractivity contribution in [1.82, 2.24) is 0 Å². The second-order valence-electron chi connectivity index (χ2n) is 4.49. The largest absolute Gasteiger partial charge is 0 e. The quantitative estimate of drug-likeness (QED) is 0.332. The summed E-state index contributed by atoms with van der Waals surface area (Å²) in [5.74, 6) is 0. The maximum atomic E-state index is 4.82. The third-order valence-corrected chi connectivity index (χ3v) is 146. The summed E-state index contributed by atoms with van der Waals surface area (Å²) in [5, 5.41) is 0. The molecular formula is S68. The van der Waals surface area contributed by atoms with Gasteiger partial charge in [0.05, 0.1) is 0 Å². The van der Waals surface area contributed by atoms with Crippen molar-refractivity contribution in [3.8, 4) is 0 Å². The molecule has 0 saturated carbocycles. The molecule has 0 radical (unpaired) electrons. The Morgan fingerprint density at radius 3 is 0.162 bits per heavy atom. The summed E-state index contributed by atoms with van der Waals surface area (Å²) in [5.41, 5.74) is 0. The Kier molecular flexibility index (Phi) is 100.0. The molecule has 0 aliphatic heterocycles. The second kappa shape index (κ2) is 82.0. The van der Waals surface area contributed by atoms with Crippen LogP contribution in [0.1, 0.15) is 0 Å². The molecular weight excluding hydrogens is 2180 g/mol. The molecule has 0 N–H and O–H groups in total. The Bertz CT molecular complexity index is 4680. The van der Waals surface area contributed by atoms with Crippen molar-refractivity contribution in [2.24, 2.45) is 0 Å². The van der Waals surface area contributed by atoms with Crippen LogP contribution in [-0.4, -0.2) is 0 Å². The van der Waals surface area contributed by atoms with Crippen LogP contribution in [-0.2, 0) is 608 Å². The van der Waals surface area contributed by atoms with Crippen LogP contribution in [0.5, 0.6) is 0 Å². The van der Waals surface area contributed by atoms with Gasteiger partial charge in [-0.1, -0.05) is 0 Å². The molecule has 68 heavy (non-hydrogen) atoms. The lowest BCUT2D eigenvalue weighted by Crippen LogP contribution is -1.41.